The number of rotatable bonds is 0. The van der Waals surface area contributed by atoms with Gasteiger partial charge < -0.3 is 14.9 Å². The molecule has 0 saturated heterocycles. The summed E-state index contributed by atoms with van der Waals surface area (Å²) in [6.45, 7) is 2.30. The van der Waals surface area contributed by atoms with Gasteiger partial charge in [0.15, 0.2) is 0 Å². The van der Waals surface area contributed by atoms with E-state index in [2.05, 4.69) is 25.0 Å². The highest BCUT2D eigenvalue weighted by molar-refractivity contribution is 5.55. The van der Waals surface area contributed by atoms with Gasteiger partial charge in [-0.15, -0.1) is 0 Å². The first-order chi connectivity index (χ1) is 11.6. The van der Waals surface area contributed by atoms with Crippen LogP contribution >= 0.6 is 0 Å². The first kappa shape index (κ1) is 15.8. The van der Waals surface area contributed by atoms with Crippen LogP contribution in [0.25, 0.3) is 0 Å². The summed E-state index contributed by atoms with van der Waals surface area (Å²) in [7, 11) is 1.54. The molecule has 0 aliphatic heterocycles. The number of fused-ring (bicyclic) bond motifs is 5. The predicted molar refractivity (Wildman–Crippen MR) is 92.6 cm³/mol. The highest BCUT2D eigenvalue weighted by Gasteiger charge is 2.54. The highest BCUT2D eigenvalue weighted by atomic mass is 16.5. The fraction of sp³-hybridized carbons (Fsp3) is 0.619. The van der Waals surface area contributed by atoms with Crippen LogP contribution in [-0.4, -0.2) is 23.4 Å². The molecule has 3 heteroatoms. The SMILES string of the molecule is COC#Cc1c(O)ccc2c1CC[C@@H]1[C@@H]2CC[C@]2(C)[C@@H](O)CC[C@@H]12. The average molecular weight is 326 g/mol. The number of hydrogen-bond donors (Lipinski definition) is 2. The Bertz CT molecular complexity index is 714. The lowest BCUT2D eigenvalue weighted by Gasteiger charge is -2.50. The molecule has 0 aromatic heterocycles. The van der Waals surface area contributed by atoms with Gasteiger partial charge in [-0.1, -0.05) is 13.0 Å². The third kappa shape index (κ3) is 2.16. The highest BCUT2D eigenvalue weighted by Crippen LogP contribution is 2.61. The van der Waals surface area contributed by atoms with Crippen molar-refractivity contribution in [2.45, 2.75) is 57.5 Å². The van der Waals surface area contributed by atoms with E-state index in [4.69, 9.17) is 4.74 Å². The Morgan fingerprint density at radius 2 is 2.04 bits per heavy atom. The van der Waals surface area contributed by atoms with E-state index >= 15 is 0 Å². The minimum absolute atomic E-state index is 0.105. The third-order valence-corrected chi connectivity index (χ3v) is 7.12. The van der Waals surface area contributed by atoms with Gasteiger partial charge in [-0.05, 0) is 84.8 Å². The van der Waals surface area contributed by atoms with Gasteiger partial charge in [0.2, 0.25) is 0 Å². The molecule has 4 rings (SSSR count). The second-order valence-electron chi connectivity index (χ2n) is 8.01. The number of phenols is 1. The molecule has 0 radical (unpaired) electrons. The maximum Gasteiger partial charge on any atom is 0.131 e. The Hall–Kier alpha value is -1.66. The molecule has 1 aromatic carbocycles. The second-order valence-corrected chi connectivity index (χ2v) is 8.01. The van der Waals surface area contributed by atoms with Gasteiger partial charge in [-0.25, -0.2) is 0 Å². The van der Waals surface area contributed by atoms with Gasteiger partial charge in [0, 0.05) is 0 Å². The molecule has 2 saturated carbocycles. The first-order valence-corrected chi connectivity index (χ1v) is 9.13. The van der Waals surface area contributed by atoms with Crippen LogP contribution in [0.3, 0.4) is 0 Å². The number of aromatic hydroxyl groups is 1. The summed E-state index contributed by atoms with van der Waals surface area (Å²) < 4.78 is 4.88. The fourth-order valence-electron chi connectivity index (χ4n) is 5.87. The normalized spacial score (nSPS) is 36.8. The lowest BCUT2D eigenvalue weighted by Crippen LogP contribution is -2.44. The van der Waals surface area contributed by atoms with Crippen LogP contribution in [0.1, 0.15) is 61.6 Å². The molecule has 0 spiro atoms. The molecule has 0 bridgehead atoms. The molecule has 5 atom stereocenters. The van der Waals surface area contributed by atoms with Crippen LogP contribution in [0.2, 0.25) is 0 Å². The zero-order chi connectivity index (χ0) is 16.9. The van der Waals surface area contributed by atoms with Crippen molar-refractivity contribution in [3.63, 3.8) is 0 Å². The Labute approximate surface area is 144 Å². The monoisotopic (exact) mass is 326 g/mol. The molecule has 3 nitrogen and oxygen atoms in total. The van der Waals surface area contributed by atoms with Gasteiger partial charge in [-0.3, -0.25) is 0 Å². The smallest absolute Gasteiger partial charge is 0.131 e. The maximum atomic E-state index is 10.5. The van der Waals surface area contributed by atoms with E-state index in [1.807, 2.05) is 0 Å². The van der Waals surface area contributed by atoms with Crippen LogP contribution in [0, 0.1) is 29.3 Å². The summed E-state index contributed by atoms with van der Waals surface area (Å²) in [6, 6.07) is 3.89. The van der Waals surface area contributed by atoms with Crippen molar-refractivity contribution in [3.8, 4) is 17.8 Å². The number of ether oxygens (including phenoxy) is 1. The van der Waals surface area contributed by atoms with E-state index < -0.39 is 0 Å². The van der Waals surface area contributed by atoms with Crippen molar-refractivity contribution in [1.82, 2.24) is 0 Å². The molecule has 128 valence electrons. The van der Waals surface area contributed by atoms with Crippen molar-refractivity contribution < 1.29 is 14.9 Å². The Morgan fingerprint density at radius 3 is 2.83 bits per heavy atom. The largest absolute Gasteiger partial charge is 0.507 e. The number of phenolic OH excluding ortho intramolecular Hbond substituents is 1. The topological polar surface area (TPSA) is 49.7 Å². The number of methoxy groups -OCH3 is 1. The number of benzene rings is 1. The lowest BCUT2D eigenvalue weighted by atomic mass is 9.55. The van der Waals surface area contributed by atoms with E-state index in [0.717, 1.165) is 44.1 Å². The van der Waals surface area contributed by atoms with E-state index in [1.54, 1.807) is 13.2 Å². The standard InChI is InChI=1S/C21H26O3/c1-21-11-9-15-13-5-7-19(22)17(10-12-24-2)14(13)3-4-16(15)18(21)6-8-20(21)23/h5,7,15-16,18,20,22-23H,3-4,6,8-9,11H2,1-2H3/t15-,16-,18+,20+,21+/m1/s1. The van der Waals surface area contributed by atoms with Crippen molar-refractivity contribution in [3.05, 3.63) is 28.8 Å². The molecule has 3 aliphatic carbocycles. The van der Waals surface area contributed by atoms with Gasteiger partial charge in [0.05, 0.1) is 18.8 Å². The Morgan fingerprint density at radius 1 is 1.21 bits per heavy atom. The quantitative estimate of drug-likeness (QED) is 0.717. The van der Waals surface area contributed by atoms with Crippen LogP contribution in [0.4, 0.5) is 0 Å². The molecule has 1 aromatic rings. The predicted octanol–water partition coefficient (Wildman–Crippen LogP) is 3.56. The number of aliphatic hydroxyl groups excluding tert-OH is 1. The van der Waals surface area contributed by atoms with Crippen LogP contribution in [0.15, 0.2) is 12.1 Å². The molecule has 0 amide bonds. The summed E-state index contributed by atoms with van der Waals surface area (Å²) in [5.74, 6) is 5.07. The molecular weight excluding hydrogens is 300 g/mol. The average Bonchev–Trinajstić information content (AvgIpc) is 2.89. The Balaban J connectivity index is 1.73. The van der Waals surface area contributed by atoms with E-state index in [0.29, 0.717) is 17.8 Å². The molecule has 3 aliphatic rings. The fourth-order valence-corrected chi connectivity index (χ4v) is 5.87. The summed E-state index contributed by atoms with van der Waals surface area (Å²) in [6.07, 6.45) is 8.93. The van der Waals surface area contributed by atoms with Crippen molar-refractivity contribution >= 4 is 0 Å². The summed E-state index contributed by atoms with van der Waals surface area (Å²) in [5, 5.41) is 20.7. The van der Waals surface area contributed by atoms with Crippen molar-refractivity contribution in [2.75, 3.05) is 7.11 Å². The summed E-state index contributed by atoms with van der Waals surface area (Å²) in [5.41, 5.74) is 3.43. The van der Waals surface area contributed by atoms with E-state index in [9.17, 15) is 10.2 Å². The number of hydrogen-bond acceptors (Lipinski definition) is 3. The lowest BCUT2D eigenvalue weighted by molar-refractivity contribution is -0.0226. The summed E-state index contributed by atoms with van der Waals surface area (Å²) in [4.78, 5) is 0. The van der Waals surface area contributed by atoms with Crippen LogP contribution in [-0.2, 0) is 11.2 Å². The molecular formula is C21H26O3. The van der Waals surface area contributed by atoms with Crippen molar-refractivity contribution in [2.24, 2.45) is 17.3 Å². The summed E-state index contributed by atoms with van der Waals surface area (Å²) >= 11 is 0. The van der Waals surface area contributed by atoms with E-state index in [1.165, 1.54) is 11.1 Å². The molecule has 0 unspecified atom stereocenters. The molecule has 2 N–H and O–H groups in total. The maximum absolute atomic E-state index is 10.5. The zero-order valence-electron chi connectivity index (χ0n) is 14.5. The molecule has 24 heavy (non-hydrogen) atoms. The van der Waals surface area contributed by atoms with Gasteiger partial charge in [-0.2, -0.15) is 0 Å². The zero-order valence-corrected chi connectivity index (χ0v) is 14.5. The van der Waals surface area contributed by atoms with Gasteiger partial charge in [0.25, 0.3) is 0 Å². The molecule has 2 fully saturated rings. The number of aliphatic hydroxyl groups is 1. The molecule has 0 heterocycles. The van der Waals surface area contributed by atoms with Crippen molar-refractivity contribution in [1.29, 1.82) is 0 Å². The van der Waals surface area contributed by atoms with Gasteiger partial charge >= 0.3 is 0 Å². The second kappa shape index (κ2) is 5.70. The van der Waals surface area contributed by atoms with Crippen LogP contribution < -0.4 is 0 Å². The van der Waals surface area contributed by atoms with Crippen LogP contribution in [0.5, 0.6) is 5.75 Å². The minimum atomic E-state index is -0.132. The first-order valence-electron chi connectivity index (χ1n) is 9.13. The third-order valence-electron chi connectivity index (χ3n) is 7.12. The Kier molecular flexibility index (Phi) is 3.77. The van der Waals surface area contributed by atoms with E-state index in [-0.39, 0.29) is 17.3 Å². The van der Waals surface area contributed by atoms with Gasteiger partial charge in [0.1, 0.15) is 11.9 Å². The minimum Gasteiger partial charge on any atom is -0.507 e.